The summed E-state index contributed by atoms with van der Waals surface area (Å²) in [5.41, 5.74) is 0.218. The molecule has 36 heavy (non-hydrogen) atoms. The number of alkyl carbamates (subject to hydrolysis) is 1. The van der Waals surface area contributed by atoms with Crippen molar-refractivity contribution in [2.75, 3.05) is 18.2 Å². The van der Waals surface area contributed by atoms with Crippen molar-refractivity contribution in [2.45, 2.75) is 57.3 Å². The van der Waals surface area contributed by atoms with E-state index in [0.29, 0.717) is 29.8 Å². The van der Waals surface area contributed by atoms with Crippen LogP contribution in [0.4, 0.5) is 10.5 Å². The number of amides is 3. The van der Waals surface area contributed by atoms with Crippen molar-refractivity contribution in [3.63, 3.8) is 0 Å². The van der Waals surface area contributed by atoms with Crippen LogP contribution in [0.2, 0.25) is 0 Å². The Hall–Kier alpha value is -3.40. The van der Waals surface area contributed by atoms with Gasteiger partial charge in [-0.2, -0.15) is 12.6 Å². The molecule has 1 aliphatic carbocycles. The van der Waals surface area contributed by atoms with E-state index in [1.54, 1.807) is 64.3 Å². The number of methoxy groups -OCH3 is 1. The molecule has 0 spiro atoms. The van der Waals surface area contributed by atoms with Gasteiger partial charge in [0, 0.05) is 17.5 Å². The van der Waals surface area contributed by atoms with Gasteiger partial charge >= 0.3 is 6.09 Å². The number of nitrogens with one attached hydrogen (secondary N) is 2. The molecular weight excluding hydrogens is 482 g/mol. The van der Waals surface area contributed by atoms with E-state index in [1.165, 1.54) is 17.0 Å². The number of carbonyl (C=O) groups excluding carboxylic acids is 3. The van der Waals surface area contributed by atoms with E-state index in [2.05, 4.69) is 23.3 Å². The van der Waals surface area contributed by atoms with E-state index < -0.39 is 35.6 Å². The molecule has 0 heterocycles. The quantitative estimate of drug-likeness (QED) is 0.377. The number of ether oxygens (including phenoxy) is 2. The van der Waals surface area contributed by atoms with Gasteiger partial charge in [0.15, 0.2) is 0 Å². The molecule has 2 aromatic rings. The van der Waals surface area contributed by atoms with Crippen LogP contribution in [0.1, 0.15) is 45.2 Å². The van der Waals surface area contributed by atoms with Crippen LogP contribution in [-0.2, 0) is 14.3 Å². The number of phenolic OH excluding ortho intramolecular Hbond substituents is 1. The summed E-state index contributed by atoms with van der Waals surface area (Å²) in [5, 5.41) is 15.6. The first-order valence-electron chi connectivity index (χ1n) is 11.7. The van der Waals surface area contributed by atoms with Gasteiger partial charge in [-0.05, 0) is 75.6 Å². The van der Waals surface area contributed by atoms with Gasteiger partial charge in [0.25, 0.3) is 5.91 Å². The number of thiol groups is 1. The van der Waals surface area contributed by atoms with Crippen LogP contribution in [0, 0.1) is 0 Å². The molecule has 0 bridgehead atoms. The average molecular weight is 516 g/mol. The number of carbonyl (C=O) groups is 3. The molecule has 3 N–H and O–H groups in total. The van der Waals surface area contributed by atoms with E-state index in [0.717, 1.165) is 0 Å². The number of hydrogen-bond donors (Lipinski definition) is 4. The maximum atomic E-state index is 13.7. The van der Waals surface area contributed by atoms with Gasteiger partial charge in [0.05, 0.1) is 7.11 Å². The first-order valence-corrected chi connectivity index (χ1v) is 12.3. The van der Waals surface area contributed by atoms with Crippen molar-refractivity contribution < 1.29 is 29.0 Å². The molecule has 9 nitrogen and oxygen atoms in total. The molecule has 1 aliphatic rings. The van der Waals surface area contributed by atoms with E-state index in [9.17, 15) is 19.5 Å². The van der Waals surface area contributed by atoms with Gasteiger partial charge in [-0.15, -0.1) is 0 Å². The van der Waals surface area contributed by atoms with Gasteiger partial charge in [-0.3, -0.25) is 9.59 Å². The lowest BCUT2D eigenvalue weighted by Crippen LogP contribution is -2.54. The highest BCUT2D eigenvalue weighted by molar-refractivity contribution is 7.80. The minimum atomic E-state index is -1.05. The lowest BCUT2D eigenvalue weighted by Gasteiger charge is -2.34. The fraction of sp³-hybridized carbons (Fsp3) is 0.423. The standard InChI is InChI=1S/C26H33N3O6S/c1-26(2,3)35-25(33)28-21(15-36)24(32)29(18-10-11-18)22(16-6-5-7-19(30)14-16)23(31)27-17-8-12-20(34-4)13-9-17/h5-9,12-14,18,21-22,30,36H,10-11,15H2,1-4H3,(H,27,31)(H,28,33). The molecule has 194 valence electrons. The third-order valence-electron chi connectivity index (χ3n) is 5.44. The SMILES string of the molecule is COc1ccc(NC(=O)C(c2cccc(O)c2)N(C(=O)C(CS)NC(=O)OC(C)(C)C)C2CC2)cc1. The molecule has 0 saturated heterocycles. The smallest absolute Gasteiger partial charge is 0.408 e. The Labute approximate surface area is 216 Å². The minimum Gasteiger partial charge on any atom is -0.508 e. The molecule has 1 fully saturated rings. The summed E-state index contributed by atoms with van der Waals surface area (Å²) in [4.78, 5) is 41.2. The van der Waals surface area contributed by atoms with Crippen LogP contribution in [-0.4, -0.2) is 58.5 Å². The van der Waals surface area contributed by atoms with Gasteiger partial charge in [-0.1, -0.05) is 12.1 Å². The zero-order chi connectivity index (χ0) is 26.5. The monoisotopic (exact) mass is 515 g/mol. The zero-order valence-electron chi connectivity index (χ0n) is 20.9. The molecule has 0 radical (unpaired) electrons. The summed E-state index contributed by atoms with van der Waals surface area (Å²) in [6.45, 7) is 5.17. The molecule has 3 rings (SSSR count). The lowest BCUT2D eigenvalue weighted by atomic mass is 10.0. The zero-order valence-corrected chi connectivity index (χ0v) is 21.7. The van der Waals surface area contributed by atoms with Crippen molar-refractivity contribution in [2.24, 2.45) is 0 Å². The number of rotatable bonds is 9. The second-order valence-corrected chi connectivity index (χ2v) is 9.94. The van der Waals surface area contributed by atoms with Crippen LogP contribution in [0.3, 0.4) is 0 Å². The first kappa shape index (κ1) is 27.2. The average Bonchev–Trinajstić information content (AvgIpc) is 3.65. The Morgan fingerprint density at radius 2 is 1.81 bits per heavy atom. The highest BCUT2D eigenvalue weighted by Crippen LogP contribution is 2.37. The Bertz CT molecular complexity index is 1080. The van der Waals surface area contributed by atoms with Gasteiger partial charge < -0.3 is 30.1 Å². The molecule has 1 saturated carbocycles. The van der Waals surface area contributed by atoms with Crippen molar-refractivity contribution >= 4 is 36.2 Å². The predicted octanol–water partition coefficient (Wildman–Crippen LogP) is 3.89. The Morgan fingerprint density at radius 3 is 2.33 bits per heavy atom. The summed E-state index contributed by atoms with van der Waals surface area (Å²) in [6, 6.07) is 10.8. The van der Waals surface area contributed by atoms with E-state index in [1.807, 2.05) is 0 Å². The first-order chi connectivity index (χ1) is 17.0. The molecular formula is C26H33N3O6S. The topological polar surface area (TPSA) is 117 Å². The Morgan fingerprint density at radius 1 is 1.14 bits per heavy atom. The van der Waals surface area contributed by atoms with Crippen molar-refractivity contribution in [3.8, 4) is 11.5 Å². The molecule has 2 atom stereocenters. The third kappa shape index (κ3) is 7.30. The Kier molecular flexibility index (Phi) is 8.73. The van der Waals surface area contributed by atoms with Crippen molar-refractivity contribution in [3.05, 3.63) is 54.1 Å². The number of hydrogen-bond acceptors (Lipinski definition) is 7. The summed E-state index contributed by atoms with van der Waals surface area (Å²) >= 11 is 4.28. The van der Waals surface area contributed by atoms with Crippen LogP contribution < -0.4 is 15.4 Å². The van der Waals surface area contributed by atoms with E-state index >= 15 is 0 Å². The Balaban J connectivity index is 1.92. The summed E-state index contributed by atoms with van der Waals surface area (Å²) in [5.74, 6) is -0.306. The summed E-state index contributed by atoms with van der Waals surface area (Å²) in [6.07, 6.45) is 0.674. The number of nitrogens with zero attached hydrogens (tertiary/aromatic N) is 1. The van der Waals surface area contributed by atoms with Gasteiger partial charge in [0.2, 0.25) is 5.91 Å². The second kappa shape index (κ2) is 11.6. The van der Waals surface area contributed by atoms with Crippen LogP contribution in [0.15, 0.2) is 48.5 Å². The van der Waals surface area contributed by atoms with E-state index in [-0.39, 0.29) is 17.5 Å². The summed E-state index contributed by atoms with van der Waals surface area (Å²) < 4.78 is 10.5. The largest absolute Gasteiger partial charge is 0.508 e. The van der Waals surface area contributed by atoms with Crippen LogP contribution >= 0.6 is 12.6 Å². The lowest BCUT2D eigenvalue weighted by molar-refractivity contribution is -0.141. The van der Waals surface area contributed by atoms with Crippen molar-refractivity contribution in [1.29, 1.82) is 0 Å². The normalized spacial score (nSPS) is 14.8. The molecule has 2 unspecified atom stereocenters. The molecule has 10 heteroatoms. The highest BCUT2D eigenvalue weighted by atomic mass is 32.1. The molecule has 3 amide bonds. The van der Waals surface area contributed by atoms with Gasteiger partial charge in [-0.25, -0.2) is 4.79 Å². The van der Waals surface area contributed by atoms with Crippen LogP contribution in [0.5, 0.6) is 11.5 Å². The number of anilines is 1. The number of phenols is 1. The van der Waals surface area contributed by atoms with Crippen molar-refractivity contribution in [1.82, 2.24) is 10.2 Å². The predicted molar refractivity (Wildman–Crippen MR) is 139 cm³/mol. The summed E-state index contributed by atoms with van der Waals surface area (Å²) in [7, 11) is 1.55. The number of aromatic hydroxyl groups is 1. The fourth-order valence-corrected chi connectivity index (χ4v) is 3.95. The molecule has 0 aliphatic heterocycles. The van der Waals surface area contributed by atoms with Crippen LogP contribution in [0.25, 0.3) is 0 Å². The minimum absolute atomic E-state index is 0.00809. The molecule has 2 aromatic carbocycles. The third-order valence-corrected chi connectivity index (χ3v) is 5.80. The molecule has 0 aromatic heterocycles. The second-order valence-electron chi connectivity index (χ2n) is 9.57. The number of benzene rings is 2. The van der Waals surface area contributed by atoms with E-state index in [4.69, 9.17) is 9.47 Å². The fourth-order valence-electron chi connectivity index (χ4n) is 3.70. The maximum Gasteiger partial charge on any atom is 0.408 e. The van der Waals surface area contributed by atoms with Gasteiger partial charge in [0.1, 0.15) is 29.2 Å². The maximum absolute atomic E-state index is 13.7. The highest BCUT2D eigenvalue weighted by Gasteiger charge is 2.44.